The molecule has 0 fully saturated rings. The molecule has 1 heterocycles. The van der Waals surface area contributed by atoms with Crippen LogP contribution in [0.3, 0.4) is 0 Å². The molecule has 96 valence electrons. The number of phenols is 1. The molecule has 5 heteroatoms. The van der Waals surface area contributed by atoms with Gasteiger partial charge in [-0.25, -0.2) is 0 Å². The van der Waals surface area contributed by atoms with Crippen LogP contribution in [0.15, 0.2) is 36.4 Å². The molecular weight excluding hydrogens is 242 g/mol. The Kier molecular flexibility index (Phi) is 2.68. The van der Waals surface area contributed by atoms with E-state index < -0.39 is 0 Å². The summed E-state index contributed by atoms with van der Waals surface area (Å²) in [5.74, 6) is 0.123. The van der Waals surface area contributed by atoms with E-state index in [0.717, 1.165) is 11.0 Å². The van der Waals surface area contributed by atoms with Gasteiger partial charge in [0.1, 0.15) is 22.5 Å². The molecule has 3 rings (SSSR count). The van der Waals surface area contributed by atoms with Gasteiger partial charge in [0, 0.05) is 0 Å². The number of rotatable bonds is 2. The number of aliphatic hydroxyl groups is 1. The fourth-order valence-electron chi connectivity index (χ4n) is 2.05. The van der Waals surface area contributed by atoms with Crippen molar-refractivity contribution in [3.8, 4) is 11.4 Å². The standard InChI is InChI=1S/C14H13N3O2/c1-9-6-10(8-18)7-13(14(9)19)17-15-11-4-2-3-5-12(11)16-17/h2-7,18-19H,8H2,1H3. The Hall–Kier alpha value is -2.40. The van der Waals surface area contributed by atoms with Crippen LogP contribution in [-0.2, 0) is 6.61 Å². The molecule has 0 bridgehead atoms. The topological polar surface area (TPSA) is 71.2 Å². The van der Waals surface area contributed by atoms with E-state index in [9.17, 15) is 10.2 Å². The van der Waals surface area contributed by atoms with Crippen LogP contribution < -0.4 is 0 Å². The van der Waals surface area contributed by atoms with Crippen LogP contribution in [-0.4, -0.2) is 25.2 Å². The maximum Gasteiger partial charge on any atom is 0.146 e. The molecule has 0 saturated heterocycles. The zero-order valence-electron chi connectivity index (χ0n) is 10.4. The van der Waals surface area contributed by atoms with Crippen LogP contribution >= 0.6 is 0 Å². The smallest absolute Gasteiger partial charge is 0.146 e. The van der Waals surface area contributed by atoms with Crippen LogP contribution in [0.2, 0.25) is 0 Å². The number of nitrogens with zero attached hydrogens (tertiary/aromatic N) is 3. The third kappa shape index (κ3) is 1.94. The molecule has 0 atom stereocenters. The molecule has 0 radical (unpaired) electrons. The summed E-state index contributed by atoms with van der Waals surface area (Å²) in [5.41, 5.74) is 3.39. The minimum absolute atomic E-state index is 0.0884. The summed E-state index contributed by atoms with van der Waals surface area (Å²) in [5, 5.41) is 28.0. The molecule has 0 amide bonds. The van der Waals surface area contributed by atoms with Crippen molar-refractivity contribution in [1.29, 1.82) is 0 Å². The van der Waals surface area contributed by atoms with Crippen LogP contribution in [0.4, 0.5) is 0 Å². The highest BCUT2D eigenvalue weighted by Crippen LogP contribution is 2.27. The van der Waals surface area contributed by atoms with Crippen molar-refractivity contribution in [2.75, 3.05) is 0 Å². The minimum atomic E-state index is -0.0884. The first kappa shape index (κ1) is 11.7. The lowest BCUT2D eigenvalue weighted by Gasteiger charge is -2.08. The average molecular weight is 255 g/mol. The third-order valence-corrected chi connectivity index (χ3v) is 3.02. The number of aliphatic hydroxyl groups excluding tert-OH is 1. The Morgan fingerprint density at radius 1 is 1.11 bits per heavy atom. The molecule has 0 aliphatic carbocycles. The number of aromatic nitrogens is 3. The van der Waals surface area contributed by atoms with Crippen LogP contribution in [0, 0.1) is 6.92 Å². The molecule has 0 unspecified atom stereocenters. The molecule has 0 aliphatic heterocycles. The van der Waals surface area contributed by atoms with Gasteiger partial charge < -0.3 is 10.2 Å². The van der Waals surface area contributed by atoms with Gasteiger partial charge >= 0.3 is 0 Å². The largest absolute Gasteiger partial charge is 0.505 e. The molecule has 0 aliphatic rings. The van der Waals surface area contributed by atoms with Gasteiger partial charge in [0.05, 0.1) is 6.61 Å². The number of fused-ring (bicyclic) bond motifs is 1. The fourth-order valence-corrected chi connectivity index (χ4v) is 2.05. The van der Waals surface area contributed by atoms with E-state index in [4.69, 9.17) is 0 Å². The van der Waals surface area contributed by atoms with Crippen molar-refractivity contribution in [2.24, 2.45) is 0 Å². The predicted octanol–water partition coefficient (Wildman–Crippen LogP) is 1.93. The van der Waals surface area contributed by atoms with Gasteiger partial charge in [-0.2, -0.15) is 0 Å². The van der Waals surface area contributed by atoms with Crippen molar-refractivity contribution in [2.45, 2.75) is 13.5 Å². The Labute approximate surface area is 109 Å². The van der Waals surface area contributed by atoms with Gasteiger partial charge in [-0.05, 0) is 42.3 Å². The first-order valence-electron chi connectivity index (χ1n) is 5.95. The number of benzene rings is 2. The van der Waals surface area contributed by atoms with Gasteiger partial charge in [0.15, 0.2) is 0 Å². The lowest BCUT2D eigenvalue weighted by atomic mass is 10.1. The molecule has 19 heavy (non-hydrogen) atoms. The highest BCUT2D eigenvalue weighted by atomic mass is 16.3. The summed E-state index contributed by atoms with van der Waals surface area (Å²) >= 11 is 0. The summed E-state index contributed by atoms with van der Waals surface area (Å²) in [7, 11) is 0. The first-order chi connectivity index (χ1) is 9.19. The van der Waals surface area contributed by atoms with E-state index >= 15 is 0 Å². The van der Waals surface area contributed by atoms with E-state index in [1.165, 1.54) is 4.80 Å². The number of aryl methyl sites for hydroxylation is 1. The molecule has 1 aromatic heterocycles. The second-order valence-electron chi connectivity index (χ2n) is 4.42. The van der Waals surface area contributed by atoms with Gasteiger partial charge in [0.25, 0.3) is 0 Å². The predicted molar refractivity (Wildman–Crippen MR) is 71.2 cm³/mol. The normalized spacial score (nSPS) is 11.1. The molecular formula is C14H13N3O2. The van der Waals surface area contributed by atoms with Crippen molar-refractivity contribution < 1.29 is 10.2 Å². The number of phenolic OH excluding ortho intramolecular Hbond substituents is 1. The Morgan fingerprint density at radius 3 is 2.32 bits per heavy atom. The SMILES string of the molecule is Cc1cc(CO)cc(-n2nc3ccccc3n2)c1O. The van der Waals surface area contributed by atoms with Crippen molar-refractivity contribution in [1.82, 2.24) is 15.0 Å². The Morgan fingerprint density at radius 2 is 1.74 bits per heavy atom. The number of hydrogen-bond acceptors (Lipinski definition) is 4. The van der Waals surface area contributed by atoms with E-state index in [1.807, 2.05) is 24.3 Å². The zero-order valence-corrected chi connectivity index (χ0v) is 10.4. The quantitative estimate of drug-likeness (QED) is 0.734. The second kappa shape index (κ2) is 4.37. The first-order valence-corrected chi connectivity index (χ1v) is 5.95. The summed E-state index contributed by atoms with van der Waals surface area (Å²) < 4.78 is 0. The molecule has 2 N–H and O–H groups in total. The van der Waals surface area contributed by atoms with Gasteiger partial charge in [-0.1, -0.05) is 12.1 Å². The van der Waals surface area contributed by atoms with Crippen molar-refractivity contribution in [3.63, 3.8) is 0 Å². The Balaban J connectivity index is 2.23. The van der Waals surface area contributed by atoms with Crippen molar-refractivity contribution in [3.05, 3.63) is 47.5 Å². The summed E-state index contributed by atoms with van der Waals surface area (Å²) in [6, 6.07) is 10.9. The van der Waals surface area contributed by atoms with Crippen LogP contribution in [0.25, 0.3) is 16.7 Å². The number of aromatic hydroxyl groups is 1. The van der Waals surface area contributed by atoms with Crippen LogP contribution in [0.5, 0.6) is 5.75 Å². The highest BCUT2D eigenvalue weighted by Gasteiger charge is 2.12. The third-order valence-electron chi connectivity index (χ3n) is 3.02. The summed E-state index contributed by atoms with van der Waals surface area (Å²) in [4.78, 5) is 1.40. The fraction of sp³-hybridized carbons (Fsp3) is 0.143. The Bertz CT molecular complexity index is 717. The van der Waals surface area contributed by atoms with Crippen LogP contribution in [0.1, 0.15) is 11.1 Å². The highest BCUT2D eigenvalue weighted by molar-refractivity contribution is 5.73. The van der Waals surface area contributed by atoms with Crippen molar-refractivity contribution >= 4 is 11.0 Å². The van der Waals surface area contributed by atoms with Gasteiger partial charge in [-0.15, -0.1) is 15.0 Å². The molecule has 5 nitrogen and oxygen atoms in total. The molecule has 0 spiro atoms. The lowest BCUT2D eigenvalue weighted by Crippen LogP contribution is -2.01. The maximum absolute atomic E-state index is 10.1. The molecule has 3 aromatic rings. The van der Waals surface area contributed by atoms with E-state index in [0.29, 0.717) is 16.8 Å². The molecule has 0 saturated carbocycles. The minimum Gasteiger partial charge on any atom is -0.505 e. The lowest BCUT2D eigenvalue weighted by molar-refractivity contribution is 0.281. The van der Waals surface area contributed by atoms with E-state index in [2.05, 4.69) is 10.2 Å². The number of hydrogen-bond donors (Lipinski definition) is 2. The molecule has 2 aromatic carbocycles. The summed E-state index contributed by atoms with van der Waals surface area (Å²) in [6.07, 6.45) is 0. The maximum atomic E-state index is 10.1. The monoisotopic (exact) mass is 255 g/mol. The summed E-state index contributed by atoms with van der Waals surface area (Å²) in [6.45, 7) is 1.69. The van der Waals surface area contributed by atoms with E-state index in [-0.39, 0.29) is 12.4 Å². The zero-order chi connectivity index (χ0) is 13.4. The second-order valence-corrected chi connectivity index (χ2v) is 4.42. The van der Waals surface area contributed by atoms with Gasteiger partial charge in [-0.3, -0.25) is 0 Å². The average Bonchev–Trinajstić information content (AvgIpc) is 2.85. The van der Waals surface area contributed by atoms with E-state index in [1.54, 1.807) is 19.1 Å². The van der Waals surface area contributed by atoms with Gasteiger partial charge in [0.2, 0.25) is 0 Å².